The molecule has 2 heteroatoms. The number of para-hydroxylation sites is 1. The van der Waals surface area contributed by atoms with Gasteiger partial charge in [-0.2, -0.15) is 0 Å². The van der Waals surface area contributed by atoms with Crippen molar-refractivity contribution >= 4 is 21.8 Å². The molecule has 126 valence electrons. The van der Waals surface area contributed by atoms with E-state index in [2.05, 4.69) is 65.9 Å². The van der Waals surface area contributed by atoms with Gasteiger partial charge in [-0.3, -0.25) is 4.90 Å². The third-order valence-corrected chi connectivity index (χ3v) is 5.78. The Morgan fingerprint density at radius 3 is 2.50 bits per heavy atom. The second kappa shape index (κ2) is 6.60. The van der Waals surface area contributed by atoms with Gasteiger partial charge in [-0.1, -0.05) is 43.5 Å². The second-order valence-electron chi connectivity index (χ2n) is 7.32. The van der Waals surface area contributed by atoms with Gasteiger partial charge >= 0.3 is 0 Å². The highest BCUT2D eigenvalue weighted by atomic mass is 15.1. The molecule has 0 saturated heterocycles. The van der Waals surface area contributed by atoms with Crippen molar-refractivity contribution in [3.8, 4) is 0 Å². The normalized spacial score (nSPS) is 16.5. The fourth-order valence-corrected chi connectivity index (χ4v) is 4.48. The van der Waals surface area contributed by atoms with E-state index in [9.17, 15) is 0 Å². The summed E-state index contributed by atoms with van der Waals surface area (Å²) in [6.07, 6.45) is 6.96. The Morgan fingerprint density at radius 1 is 0.958 bits per heavy atom. The third-order valence-electron chi connectivity index (χ3n) is 5.78. The van der Waals surface area contributed by atoms with Gasteiger partial charge in [-0.05, 0) is 50.6 Å². The topological polar surface area (TPSA) is 8.17 Å². The molecule has 1 aromatic heterocycles. The van der Waals surface area contributed by atoms with E-state index in [1.54, 1.807) is 0 Å². The maximum Gasteiger partial charge on any atom is 0.0491 e. The molecule has 2 aromatic carbocycles. The van der Waals surface area contributed by atoms with E-state index in [4.69, 9.17) is 0 Å². The van der Waals surface area contributed by atoms with Crippen LogP contribution in [0.1, 0.15) is 44.6 Å². The highest BCUT2D eigenvalue weighted by Gasteiger charge is 2.18. The van der Waals surface area contributed by atoms with Crippen LogP contribution in [-0.4, -0.2) is 22.6 Å². The fraction of sp³-hybridized carbons (Fsp3) is 0.455. The molecule has 0 atom stereocenters. The van der Waals surface area contributed by atoms with Crippen LogP contribution >= 0.6 is 0 Å². The minimum Gasteiger partial charge on any atom is -0.341 e. The second-order valence-corrected chi connectivity index (χ2v) is 7.32. The lowest BCUT2D eigenvalue weighted by Crippen LogP contribution is -2.32. The lowest BCUT2D eigenvalue weighted by atomic mass is 9.94. The molecule has 0 unspecified atom stereocenters. The van der Waals surface area contributed by atoms with Crippen LogP contribution in [0.4, 0.5) is 0 Å². The zero-order valence-corrected chi connectivity index (χ0v) is 15.0. The quantitative estimate of drug-likeness (QED) is 0.609. The standard InChI is InChI=1S/C22H28N2/c1-3-24-21-12-8-7-11-19(21)20-15-17(13-14-22(20)24)16-23(2)18-9-5-4-6-10-18/h7-8,11-15,18H,3-6,9-10,16H2,1-2H3. The molecule has 1 saturated carbocycles. The van der Waals surface area contributed by atoms with Crippen LogP contribution in [0.25, 0.3) is 21.8 Å². The average molecular weight is 320 g/mol. The predicted octanol–water partition coefficient (Wildman–Crippen LogP) is 5.58. The molecular weight excluding hydrogens is 292 g/mol. The predicted molar refractivity (Wildman–Crippen MR) is 103 cm³/mol. The SMILES string of the molecule is CCn1c2ccccc2c2cc(CN(C)C3CCCCC3)ccc21. The van der Waals surface area contributed by atoms with Crippen molar-refractivity contribution < 1.29 is 0 Å². The van der Waals surface area contributed by atoms with Crippen LogP contribution in [-0.2, 0) is 13.1 Å². The van der Waals surface area contributed by atoms with Crippen LogP contribution in [0.5, 0.6) is 0 Å². The van der Waals surface area contributed by atoms with Gasteiger partial charge in [0.05, 0.1) is 0 Å². The molecule has 1 aliphatic rings. The summed E-state index contributed by atoms with van der Waals surface area (Å²) in [6.45, 7) is 4.31. The zero-order valence-electron chi connectivity index (χ0n) is 15.0. The minimum absolute atomic E-state index is 0.770. The molecule has 1 aliphatic carbocycles. The van der Waals surface area contributed by atoms with Gasteiger partial charge in [-0.15, -0.1) is 0 Å². The monoisotopic (exact) mass is 320 g/mol. The van der Waals surface area contributed by atoms with Crippen molar-refractivity contribution in [3.63, 3.8) is 0 Å². The molecule has 0 N–H and O–H groups in total. The summed E-state index contributed by atoms with van der Waals surface area (Å²) in [5.74, 6) is 0. The molecular formula is C22H28N2. The largest absolute Gasteiger partial charge is 0.341 e. The maximum atomic E-state index is 2.57. The van der Waals surface area contributed by atoms with Gasteiger partial charge in [0, 0.05) is 40.9 Å². The molecule has 0 aliphatic heterocycles. The number of aromatic nitrogens is 1. The first-order valence-electron chi connectivity index (χ1n) is 9.48. The minimum atomic E-state index is 0.770. The van der Waals surface area contributed by atoms with Crippen LogP contribution in [0.3, 0.4) is 0 Å². The van der Waals surface area contributed by atoms with E-state index in [0.29, 0.717) is 0 Å². The van der Waals surface area contributed by atoms with Crippen LogP contribution in [0.15, 0.2) is 42.5 Å². The fourth-order valence-electron chi connectivity index (χ4n) is 4.48. The molecule has 1 fully saturated rings. The summed E-state index contributed by atoms with van der Waals surface area (Å²) in [7, 11) is 2.30. The Bertz CT molecular complexity index is 840. The van der Waals surface area contributed by atoms with Crippen molar-refractivity contribution in [1.82, 2.24) is 9.47 Å². The molecule has 0 bridgehead atoms. The van der Waals surface area contributed by atoms with Crippen LogP contribution < -0.4 is 0 Å². The Labute approximate surface area is 145 Å². The number of rotatable bonds is 4. The Balaban J connectivity index is 1.69. The highest BCUT2D eigenvalue weighted by Crippen LogP contribution is 2.30. The van der Waals surface area contributed by atoms with Crippen molar-refractivity contribution in [2.24, 2.45) is 0 Å². The van der Waals surface area contributed by atoms with Gasteiger partial charge in [0.2, 0.25) is 0 Å². The molecule has 0 spiro atoms. The van der Waals surface area contributed by atoms with Crippen molar-refractivity contribution in [1.29, 1.82) is 0 Å². The van der Waals surface area contributed by atoms with Gasteiger partial charge in [-0.25, -0.2) is 0 Å². The highest BCUT2D eigenvalue weighted by molar-refractivity contribution is 6.08. The molecule has 0 amide bonds. The summed E-state index contributed by atoms with van der Waals surface area (Å²) in [5.41, 5.74) is 4.16. The lowest BCUT2D eigenvalue weighted by Gasteiger charge is -2.31. The number of hydrogen-bond donors (Lipinski definition) is 0. The number of hydrogen-bond acceptors (Lipinski definition) is 1. The first kappa shape index (κ1) is 15.7. The number of fused-ring (bicyclic) bond motifs is 3. The zero-order chi connectivity index (χ0) is 16.5. The number of aryl methyl sites for hydroxylation is 1. The Kier molecular flexibility index (Phi) is 4.32. The average Bonchev–Trinajstić information content (AvgIpc) is 2.95. The van der Waals surface area contributed by atoms with Crippen LogP contribution in [0.2, 0.25) is 0 Å². The van der Waals surface area contributed by atoms with Gasteiger partial charge in [0.15, 0.2) is 0 Å². The lowest BCUT2D eigenvalue weighted by molar-refractivity contribution is 0.184. The van der Waals surface area contributed by atoms with E-state index in [-0.39, 0.29) is 0 Å². The smallest absolute Gasteiger partial charge is 0.0491 e. The van der Waals surface area contributed by atoms with E-state index in [1.807, 2.05) is 0 Å². The Hall–Kier alpha value is -1.80. The molecule has 2 nitrogen and oxygen atoms in total. The maximum absolute atomic E-state index is 2.57. The molecule has 4 rings (SSSR count). The van der Waals surface area contributed by atoms with Gasteiger partial charge < -0.3 is 4.57 Å². The number of nitrogens with zero attached hydrogens (tertiary/aromatic N) is 2. The van der Waals surface area contributed by atoms with Crippen molar-refractivity contribution in [2.75, 3.05) is 7.05 Å². The van der Waals surface area contributed by atoms with E-state index >= 15 is 0 Å². The summed E-state index contributed by atoms with van der Waals surface area (Å²) in [5, 5.41) is 2.79. The van der Waals surface area contributed by atoms with Crippen LogP contribution in [0, 0.1) is 0 Å². The van der Waals surface area contributed by atoms with E-state index in [1.165, 1.54) is 59.5 Å². The van der Waals surface area contributed by atoms with E-state index in [0.717, 1.165) is 19.1 Å². The first-order valence-corrected chi connectivity index (χ1v) is 9.48. The summed E-state index contributed by atoms with van der Waals surface area (Å²) < 4.78 is 2.43. The molecule has 24 heavy (non-hydrogen) atoms. The molecule has 1 heterocycles. The summed E-state index contributed by atoms with van der Waals surface area (Å²) in [4.78, 5) is 2.57. The third kappa shape index (κ3) is 2.73. The number of benzene rings is 2. The first-order chi connectivity index (χ1) is 11.8. The summed E-state index contributed by atoms with van der Waals surface area (Å²) >= 11 is 0. The summed E-state index contributed by atoms with van der Waals surface area (Å²) in [6, 6.07) is 16.6. The van der Waals surface area contributed by atoms with Crippen molar-refractivity contribution in [2.45, 2.75) is 58.2 Å². The van der Waals surface area contributed by atoms with Gasteiger partial charge in [0.1, 0.15) is 0 Å². The molecule has 3 aromatic rings. The molecule has 0 radical (unpaired) electrons. The van der Waals surface area contributed by atoms with E-state index < -0.39 is 0 Å². The van der Waals surface area contributed by atoms with Gasteiger partial charge in [0.25, 0.3) is 0 Å². The Morgan fingerprint density at radius 2 is 1.71 bits per heavy atom. The van der Waals surface area contributed by atoms with Crippen molar-refractivity contribution in [3.05, 3.63) is 48.0 Å².